The Bertz CT molecular complexity index is 3050. The predicted octanol–water partition coefficient (Wildman–Crippen LogP) is 12.4. The van der Waals surface area contributed by atoms with Gasteiger partial charge in [0.05, 0.1) is 11.6 Å². The molecule has 0 atom stereocenters. The Kier molecular flexibility index (Phi) is 9.47. The highest BCUT2D eigenvalue weighted by atomic mass is 15.0. The molecular weight excluding hydrogens is 735 g/mol. The van der Waals surface area contributed by atoms with E-state index in [9.17, 15) is 5.26 Å². The molecule has 0 saturated carbocycles. The molecule has 0 amide bonds. The minimum absolute atomic E-state index is 0.575. The van der Waals surface area contributed by atoms with Crippen LogP contribution >= 0.6 is 0 Å². The van der Waals surface area contributed by atoms with E-state index in [4.69, 9.17) is 29.9 Å². The highest BCUT2D eigenvalue weighted by molar-refractivity contribution is 6.06. The Morgan fingerprint density at radius 3 is 0.917 bits per heavy atom. The van der Waals surface area contributed by atoms with Gasteiger partial charge in [-0.3, -0.25) is 0 Å². The van der Waals surface area contributed by atoms with Crippen molar-refractivity contribution in [2.45, 2.75) is 0 Å². The maximum absolute atomic E-state index is 10.4. The molecule has 0 aliphatic rings. The molecule has 0 aliphatic carbocycles. The van der Waals surface area contributed by atoms with Crippen LogP contribution < -0.4 is 0 Å². The molecule has 0 unspecified atom stereocenters. The van der Waals surface area contributed by atoms with Crippen LogP contribution in [0.5, 0.6) is 0 Å². The second-order valence-corrected chi connectivity index (χ2v) is 14.2. The molecule has 0 spiro atoms. The fourth-order valence-corrected chi connectivity index (χ4v) is 7.47. The first-order valence-corrected chi connectivity index (χ1v) is 19.6. The smallest absolute Gasteiger partial charge is 0.164 e. The molecule has 0 bridgehead atoms. The number of hydrogen-bond acceptors (Lipinski definition) is 7. The van der Waals surface area contributed by atoms with Gasteiger partial charge in [-0.1, -0.05) is 194 Å². The van der Waals surface area contributed by atoms with Crippen LogP contribution in [0.4, 0.5) is 0 Å². The molecule has 7 heteroatoms. The average molecular weight is 768 g/mol. The molecule has 0 N–H and O–H groups in total. The SMILES string of the molecule is N#Cc1cc(-c2ccc(-c3nc(-c4ccccc4)nc(-c4ccccc4)n3)cc2)c(-c2ccc(-c3nc(-c4ccccc4)nc(-c4ccccc4)n3)cc2)c2ccccc12. The Hall–Kier alpha value is -8.47. The minimum Gasteiger partial charge on any atom is -0.208 e. The molecule has 0 fully saturated rings. The third-order valence-corrected chi connectivity index (χ3v) is 10.4. The maximum Gasteiger partial charge on any atom is 0.164 e. The fourth-order valence-electron chi connectivity index (χ4n) is 7.47. The van der Waals surface area contributed by atoms with Crippen LogP contribution in [-0.4, -0.2) is 29.9 Å². The van der Waals surface area contributed by atoms with Crippen molar-refractivity contribution in [1.29, 1.82) is 5.26 Å². The fraction of sp³-hybridized carbons (Fsp3) is 0. The van der Waals surface area contributed by atoms with Gasteiger partial charge in [-0.2, -0.15) is 5.26 Å². The van der Waals surface area contributed by atoms with Crippen LogP contribution in [0.1, 0.15) is 5.56 Å². The number of nitriles is 1. The standard InChI is InChI=1S/C53H33N7/c54-34-43-33-46(35-25-29-41(30-26-35)52-57-48(37-15-5-1-6-16-37)55-49(58-52)38-17-7-2-8-18-38)47(45-24-14-13-23-44(43)45)36-27-31-42(32-28-36)53-59-50(39-19-9-3-10-20-39)56-51(60-53)40-21-11-4-12-22-40/h1-33H. The van der Waals surface area contributed by atoms with Gasteiger partial charge in [-0.05, 0) is 33.7 Å². The lowest BCUT2D eigenvalue weighted by atomic mass is 9.87. The summed E-state index contributed by atoms with van der Waals surface area (Å²) in [6.45, 7) is 0. The van der Waals surface area contributed by atoms with E-state index in [-0.39, 0.29) is 0 Å². The third kappa shape index (κ3) is 7.06. The second-order valence-electron chi connectivity index (χ2n) is 14.2. The van der Waals surface area contributed by atoms with E-state index in [2.05, 4.69) is 48.5 Å². The molecule has 10 aromatic rings. The maximum atomic E-state index is 10.4. The molecule has 7 nitrogen and oxygen atoms in total. The summed E-state index contributed by atoms with van der Waals surface area (Å²) in [5, 5.41) is 12.3. The molecule has 0 radical (unpaired) electrons. The summed E-state index contributed by atoms with van der Waals surface area (Å²) in [7, 11) is 0. The van der Waals surface area contributed by atoms with Gasteiger partial charge in [0.25, 0.3) is 0 Å². The van der Waals surface area contributed by atoms with Gasteiger partial charge in [0, 0.05) is 38.8 Å². The van der Waals surface area contributed by atoms with E-state index in [1.807, 2.05) is 158 Å². The zero-order valence-electron chi connectivity index (χ0n) is 32.2. The zero-order chi connectivity index (χ0) is 40.3. The molecular formula is C53H33N7. The van der Waals surface area contributed by atoms with Crippen LogP contribution in [0.15, 0.2) is 200 Å². The Balaban J connectivity index is 1.07. The van der Waals surface area contributed by atoms with Crippen molar-refractivity contribution in [3.63, 3.8) is 0 Å². The molecule has 0 aliphatic heterocycles. The molecule has 10 rings (SSSR count). The monoisotopic (exact) mass is 767 g/mol. The molecule has 2 heterocycles. The lowest BCUT2D eigenvalue weighted by Gasteiger charge is -2.16. The zero-order valence-corrected chi connectivity index (χ0v) is 32.2. The lowest BCUT2D eigenvalue weighted by molar-refractivity contribution is 1.07. The van der Waals surface area contributed by atoms with Crippen molar-refractivity contribution in [2.75, 3.05) is 0 Å². The Morgan fingerprint density at radius 2 is 0.567 bits per heavy atom. The van der Waals surface area contributed by atoms with Crippen molar-refractivity contribution in [1.82, 2.24) is 29.9 Å². The molecule has 280 valence electrons. The first-order valence-electron chi connectivity index (χ1n) is 19.6. The number of nitrogens with zero attached hydrogens (tertiary/aromatic N) is 7. The Labute approximate surface area is 347 Å². The van der Waals surface area contributed by atoms with E-state index in [0.29, 0.717) is 40.5 Å². The van der Waals surface area contributed by atoms with Crippen LogP contribution in [-0.2, 0) is 0 Å². The number of benzene rings is 8. The van der Waals surface area contributed by atoms with Crippen molar-refractivity contribution in [3.8, 4) is 96.7 Å². The van der Waals surface area contributed by atoms with E-state index in [0.717, 1.165) is 66.4 Å². The third-order valence-electron chi connectivity index (χ3n) is 10.4. The summed E-state index contributed by atoms with van der Waals surface area (Å²) in [4.78, 5) is 29.5. The summed E-state index contributed by atoms with van der Waals surface area (Å²) in [6, 6.07) is 69.0. The average Bonchev–Trinajstić information content (AvgIpc) is 3.34. The normalized spacial score (nSPS) is 11.0. The quantitative estimate of drug-likeness (QED) is 0.152. The topological polar surface area (TPSA) is 101 Å². The number of rotatable bonds is 8. The van der Waals surface area contributed by atoms with Gasteiger partial charge >= 0.3 is 0 Å². The number of aromatic nitrogens is 6. The summed E-state index contributed by atoms with van der Waals surface area (Å²) >= 11 is 0. The van der Waals surface area contributed by atoms with E-state index < -0.39 is 0 Å². The summed E-state index contributed by atoms with van der Waals surface area (Å²) in [5.41, 5.74) is 9.89. The largest absolute Gasteiger partial charge is 0.208 e. The number of fused-ring (bicyclic) bond motifs is 1. The van der Waals surface area contributed by atoms with Gasteiger partial charge in [0.2, 0.25) is 0 Å². The molecule has 2 aromatic heterocycles. The van der Waals surface area contributed by atoms with Crippen molar-refractivity contribution in [2.24, 2.45) is 0 Å². The van der Waals surface area contributed by atoms with Gasteiger partial charge in [0.1, 0.15) is 0 Å². The van der Waals surface area contributed by atoms with Crippen LogP contribution in [0.3, 0.4) is 0 Å². The van der Waals surface area contributed by atoms with Gasteiger partial charge < -0.3 is 0 Å². The lowest BCUT2D eigenvalue weighted by Crippen LogP contribution is -2.00. The number of hydrogen-bond donors (Lipinski definition) is 0. The van der Waals surface area contributed by atoms with E-state index in [1.165, 1.54) is 0 Å². The first kappa shape index (κ1) is 35.9. The first-order chi connectivity index (χ1) is 29.7. The van der Waals surface area contributed by atoms with Crippen LogP contribution in [0, 0.1) is 11.3 Å². The predicted molar refractivity (Wildman–Crippen MR) is 239 cm³/mol. The van der Waals surface area contributed by atoms with E-state index >= 15 is 0 Å². The second kappa shape index (κ2) is 15.8. The van der Waals surface area contributed by atoms with Gasteiger partial charge in [-0.25, -0.2) is 29.9 Å². The highest BCUT2D eigenvalue weighted by Crippen LogP contribution is 2.41. The summed E-state index contributed by atoms with van der Waals surface area (Å²) < 4.78 is 0. The highest BCUT2D eigenvalue weighted by Gasteiger charge is 2.18. The summed E-state index contributed by atoms with van der Waals surface area (Å²) in [5.74, 6) is 3.58. The molecule has 8 aromatic carbocycles. The molecule has 60 heavy (non-hydrogen) atoms. The van der Waals surface area contributed by atoms with Crippen molar-refractivity contribution < 1.29 is 0 Å². The van der Waals surface area contributed by atoms with Crippen LogP contribution in [0.25, 0.3) is 101 Å². The van der Waals surface area contributed by atoms with E-state index in [1.54, 1.807) is 0 Å². The Morgan fingerprint density at radius 1 is 0.283 bits per heavy atom. The van der Waals surface area contributed by atoms with Crippen molar-refractivity contribution >= 4 is 10.8 Å². The summed E-state index contributed by atoms with van der Waals surface area (Å²) in [6.07, 6.45) is 0. The van der Waals surface area contributed by atoms with Gasteiger partial charge in [0.15, 0.2) is 34.9 Å². The van der Waals surface area contributed by atoms with Crippen LogP contribution in [0.2, 0.25) is 0 Å². The molecule has 0 saturated heterocycles. The minimum atomic E-state index is 0.575. The van der Waals surface area contributed by atoms with Gasteiger partial charge in [-0.15, -0.1) is 0 Å². The van der Waals surface area contributed by atoms with Crippen molar-refractivity contribution in [3.05, 3.63) is 206 Å².